The number of benzene rings is 10. The molecule has 0 fully saturated rings. The summed E-state index contributed by atoms with van der Waals surface area (Å²) in [6.07, 6.45) is 0. The summed E-state index contributed by atoms with van der Waals surface area (Å²) in [6, 6.07) is 73.4. The molecule has 6 nitrogen and oxygen atoms in total. The van der Waals surface area contributed by atoms with Crippen LogP contribution in [0.4, 0.5) is 28.4 Å². The van der Waals surface area contributed by atoms with E-state index in [2.05, 4.69) is 169 Å². The minimum absolute atomic E-state index is 0.629. The van der Waals surface area contributed by atoms with Crippen molar-refractivity contribution in [3.63, 3.8) is 0 Å². The molecule has 3 aliphatic rings. The van der Waals surface area contributed by atoms with Crippen LogP contribution in [-0.4, -0.2) is 7.28 Å². The lowest BCUT2D eigenvalue weighted by Gasteiger charge is -2.37. The van der Waals surface area contributed by atoms with Crippen LogP contribution in [0.15, 0.2) is 212 Å². The lowest BCUT2D eigenvalue weighted by molar-refractivity contribution is 0.359. The molecule has 0 unspecified atom stereocenters. The smallest absolute Gasteiger partial charge is 0.198 e. The molecule has 10 aromatic carbocycles. The van der Waals surface area contributed by atoms with Gasteiger partial charge in [-0.25, -0.2) is 0 Å². The highest BCUT2D eigenvalue weighted by atomic mass is 16.6. The van der Waals surface area contributed by atoms with Gasteiger partial charge in [0.15, 0.2) is 53.3 Å². The molecule has 10 aromatic rings. The first-order valence-corrected chi connectivity index (χ1v) is 21.7. The molecule has 0 saturated heterocycles. The number of ether oxygens (including phenoxy) is 4. The Labute approximate surface area is 376 Å². The van der Waals surface area contributed by atoms with Gasteiger partial charge in [-0.05, 0) is 123 Å². The Morgan fingerprint density at radius 2 is 0.877 bits per heavy atom. The van der Waals surface area contributed by atoms with Crippen molar-refractivity contribution in [3.05, 3.63) is 212 Å². The molecule has 1 radical (unpaired) electrons. The van der Waals surface area contributed by atoms with Crippen molar-refractivity contribution in [1.29, 1.82) is 0 Å². The van der Waals surface area contributed by atoms with Crippen LogP contribution >= 0.6 is 0 Å². The van der Waals surface area contributed by atoms with E-state index >= 15 is 0 Å². The standard InChI is InChI=1S/C58H36BN2O4/c1-3-13-36(14-4-1)38-23-25-42(26-24-38)60-47-31-40-18-8-7-17-39(40)29-44(47)45-30-41(37-15-5-2-6-16-37)32-49-58(45)59-46-34-56-57(65-53-22-12-11-21-52(53)64-56)35-48(46)61(49)43-27-28-54-55(33-43)63-51-20-10-9-19-50(51)62-54/h1-35,60H. The fraction of sp³-hybridized carbons (Fsp3) is 0. The van der Waals surface area contributed by atoms with Crippen LogP contribution in [0.2, 0.25) is 0 Å². The van der Waals surface area contributed by atoms with Crippen LogP contribution in [0.5, 0.6) is 46.0 Å². The maximum Gasteiger partial charge on any atom is 0.198 e. The first-order valence-electron chi connectivity index (χ1n) is 21.7. The van der Waals surface area contributed by atoms with Gasteiger partial charge in [-0.2, -0.15) is 0 Å². The molecule has 3 heterocycles. The molecule has 0 bridgehead atoms. The number of para-hydroxylation sites is 4. The molecule has 0 atom stereocenters. The van der Waals surface area contributed by atoms with Crippen molar-refractivity contribution in [2.45, 2.75) is 0 Å². The molecule has 1 N–H and O–H groups in total. The molecule has 0 aliphatic carbocycles. The van der Waals surface area contributed by atoms with Gasteiger partial charge in [0.05, 0.1) is 5.69 Å². The van der Waals surface area contributed by atoms with Crippen molar-refractivity contribution in [1.82, 2.24) is 0 Å². The first-order chi connectivity index (χ1) is 32.1. The SMILES string of the molecule is [B]1c2cc3c(cc2N(c2ccc4c(c2)Oc2ccccc2O4)c2cc(-c4ccccc4)cc(-c4cc5ccccc5cc4Nc4ccc(-c5ccccc5)cc4)c21)Oc1ccccc1O3. The highest BCUT2D eigenvalue weighted by molar-refractivity contribution is 6.73. The topological polar surface area (TPSA) is 52.2 Å². The number of nitrogens with one attached hydrogen (secondary N) is 1. The average molecular weight is 836 g/mol. The summed E-state index contributed by atoms with van der Waals surface area (Å²) in [6.45, 7) is 0. The normalized spacial score (nSPS) is 12.6. The van der Waals surface area contributed by atoms with Gasteiger partial charge in [0, 0.05) is 40.4 Å². The van der Waals surface area contributed by atoms with E-state index in [1.54, 1.807) is 0 Å². The second kappa shape index (κ2) is 15.0. The lowest BCUT2D eigenvalue weighted by Crippen LogP contribution is -2.41. The van der Waals surface area contributed by atoms with Gasteiger partial charge in [-0.3, -0.25) is 0 Å². The molecule has 305 valence electrons. The molecule has 0 saturated carbocycles. The maximum atomic E-state index is 6.56. The van der Waals surface area contributed by atoms with Crippen molar-refractivity contribution in [2.24, 2.45) is 0 Å². The van der Waals surface area contributed by atoms with Gasteiger partial charge in [-0.15, -0.1) is 0 Å². The summed E-state index contributed by atoms with van der Waals surface area (Å²) in [5, 5.41) is 6.16. The Balaban J connectivity index is 1.03. The lowest BCUT2D eigenvalue weighted by atomic mass is 9.57. The Morgan fingerprint density at radius 1 is 0.354 bits per heavy atom. The minimum Gasteiger partial charge on any atom is -0.450 e. The van der Waals surface area contributed by atoms with E-state index in [-0.39, 0.29) is 0 Å². The Hall–Kier alpha value is -8.68. The van der Waals surface area contributed by atoms with E-state index in [1.807, 2.05) is 60.7 Å². The predicted molar refractivity (Wildman–Crippen MR) is 263 cm³/mol. The quantitative estimate of drug-likeness (QED) is 0.168. The van der Waals surface area contributed by atoms with Crippen molar-refractivity contribution in [2.75, 3.05) is 10.2 Å². The third-order valence-corrected chi connectivity index (χ3v) is 12.4. The van der Waals surface area contributed by atoms with Gasteiger partial charge in [0.1, 0.15) is 0 Å². The number of nitrogens with zero attached hydrogens (tertiary/aromatic N) is 1. The van der Waals surface area contributed by atoms with Crippen LogP contribution in [-0.2, 0) is 0 Å². The largest absolute Gasteiger partial charge is 0.450 e. The zero-order chi connectivity index (χ0) is 42.8. The number of rotatable bonds is 6. The molecule has 3 aliphatic heterocycles. The second-order valence-electron chi connectivity index (χ2n) is 16.4. The number of anilines is 5. The van der Waals surface area contributed by atoms with Gasteiger partial charge < -0.3 is 29.2 Å². The molecule has 7 heteroatoms. The summed E-state index contributed by atoms with van der Waals surface area (Å²) >= 11 is 0. The van der Waals surface area contributed by atoms with Crippen molar-refractivity contribution in [3.8, 4) is 79.4 Å². The van der Waals surface area contributed by atoms with Crippen LogP contribution in [0.3, 0.4) is 0 Å². The summed E-state index contributed by atoms with van der Waals surface area (Å²) in [7, 11) is 2.29. The average Bonchev–Trinajstić information content (AvgIpc) is 3.36. The predicted octanol–water partition coefficient (Wildman–Crippen LogP) is 14.8. The third kappa shape index (κ3) is 6.52. The Kier molecular flexibility index (Phi) is 8.52. The number of hydrogen-bond acceptors (Lipinski definition) is 6. The summed E-state index contributed by atoms with van der Waals surface area (Å²) < 4.78 is 26.0. The van der Waals surface area contributed by atoms with Crippen molar-refractivity contribution < 1.29 is 18.9 Å². The van der Waals surface area contributed by atoms with E-state index < -0.39 is 0 Å². The molecular formula is C58H36BN2O4. The zero-order valence-electron chi connectivity index (χ0n) is 34.9. The second-order valence-corrected chi connectivity index (χ2v) is 16.4. The van der Waals surface area contributed by atoms with Crippen LogP contribution in [0.1, 0.15) is 0 Å². The molecule has 13 rings (SSSR count). The monoisotopic (exact) mass is 835 g/mol. The molecule has 0 aromatic heterocycles. The minimum atomic E-state index is 0.629. The molecule has 0 amide bonds. The Bertz CT molecular complexity index is 3500. The zero-order valence-corrected chi connectivity index (χ0v) is 34.9. The van der Waals surface area contributed by atoms with Crippen LogP contribution in [0, 0.1) is 0 Å². The van der Waals surface area contributed by atoms with E-state index in [9.17, 15) is 0 Å². The highest BCUT2D eigenvalue weighted by Crippen LogP contribution is 2.52. The van der Waals surface area contributed by atoms with E-state index in [1.165, 1.54) is 5.56 Å². The molecule has 0 spiro atoms. The van der Waals surface area contributed by atoms with Gasteiger partial charge >= 0.3 is 0 Å². The maximum absolute atomic E-state index is 6.56. The first kappa shape index (κ1) is 36.9. The fourth-order valence-electron chi connectivity index (χ4n) is 9.20. The highest BCUT2D eigenvalue weighted by Gasteiger charge is 2.33. The van der Waals surface area contributed by atoms with Gasteiger partial charge in [0.2, 0.25) is 0 Å². The van der Waals surface area contributed by atoms with E-state index in [4.69, 9.17) is 18.9 Å². The number of hydrogen-bond donors (Lipinski definition) is 1. The van der Waals surface area contributed by atoms with Gasteiger partial charge in [0.25, 0.3) is 0 Å². The van der Waals surface area contributed by atoms with Gasteiger partial charge in [-0.1, -0.05) is 127 Å². The van der Waals surface area contributed by atoms with E-state index in [0.717, 1.165) is 78.0 Å². The Morgan fingerprint density at radius 3 is 1.54 bits per heavy atom. The molecule has 65 heavy (non-hydrogen) atoms. The van der Waals surface area contributed by atoms with Crippen molar-refractivity contribution >= 4 is 57.4 Å². The summed E-state index contributed by atoms with van der Waals surface area (Å²) in [5.41, 5.74) is 13.5. The van der Waals surface area contributed by atoms with Crippen LogP contribution < -0.4 is 40.1 Å². The third-order valence-electron chi connectivity index (χ3n) is 12.4. The summed E-state index contributed by atoms with van der Waals surface area (Å²) in [5.74, 6) is 5.26. The molecular weight excluding hydrogens is 799 g/mol. The fourth-order valence-corrected chi connectivity index (χ4v) is 9.20. The summed E-state index contributed by atoms with van der Waals surface area (Å²) in [4.78, 5) is 2.31. The van der Waals surface area contributed by atoms with E-state index in [0.29, 0.717) is 46.0 Å². The number of fused-ring (bicyclic) bond motifs is 7. The van der Waals surface area contributed by atoms with Crippen LogP contribution in [0.25, 0.3) is 44.2 Å².